The molecular formula is C8H6N2O2. The van der Waals surface area contributed by atoms with Gasteiger partial charge in [-0.05, 0) is 6.07 Å². The van der Waals surface area contributed by atoms with Gasteiger partial charge in [0.15, 0.2) is 5.34 Å². The van der Waals surface area contributed by atoms with Gasteiger partial charge >= 0.3 is 0 Å². The van der Waals surface area contributed by atoms with E-state index in [1.165, 1.54) is 0 Å². The van der Waals surface area contributed by atoms with Gasteiger partial charge in [-0.2, -0.15) is 5.26 Å². The second-order valence-corrected chi connectivity index (χ2v) is 2.12. The van der Waals surface area contributed by atoms with Crippen molar-refractivity contribution in [3.05, 3.63) is 40.3 Å². The lowest BCUT2D eigenvalue weighted by atomic mass is 10.1. The van der Waals surface area contributed by atoms with Crippen molar-refractivity contribution in [2.75, 3.05) is 0 Å². The maximum absolute atomic E-state index is 9.62. The van der Waals surface area contributed by atoms with E-state index in [2.05, 4.69) is 10.2 Å². The van der Waals surface area contributed by atoms with Gasteiger partial charge in [0.1, 0.15) is 6.61 Å². The van der Waals surface area contributed by atoms with Crippen LogP contribution >= 0.6 is 0 Å². The molecule has 0 saturated carbocycles. The van der Waals surface area contributed by atoms with Crippen LogP contribution in [0.3, 0.4) is 0 Å². The largest absolute Gasteiger partial charge is 0.359 e. The summed E-state index contributed by atoms with van der Waals surface area (Å²) >= 11 is 0. The van der Waals surface area contributed by atoms with Crippen LogP contribution < -0.4 is 0 Å². The molecule has 60 valence electrons. The highest BCUT2D eigenvalue weighted by Gasteiger charge is 1.99. The summed E-state index contributed by atoms with van der Waals surface area (Å²) in [6, 6.07) is 8.86. The first-order chi connectivity index (χ1) is 5.88. The summed E-state index contributed by atoms with van der Waals surface area (Å²) in [7, 11) is 0. The predicted molar refractivity (Wildman–Crippen MR) is 41.7 cm³/mol. The topological polar surface area (TPSA) is 62.4 Å². The minimum Gasteiger partial charge on any atom is -0.359 e. The molecule has 0 aliphatic heterocycles. The molecule has 0 heterocycles. The second-order valence-electron chi connectivity index (χ2n) is 2.12. The molecule has 0 spiro atoms. The van der Waals surface area contributed by atoms with Gasteiger partial charge in [0.25, 0.3) is 0 Å². The summed E-state index contributed by atoms with van der Waals surface area (Å²) in [6.45, 7) is 0.0488. The van der Waals surface area contributed by atoms with Crippen LogP contribution in [0.25, 0.3) is 0 Å². The Balaban J connectivity index is 2.83. The molecule has 0 amide bonds. The smallest absolute Gasteiger partial charge is 0.155 e. The maximum atomic E-state index is 9.62. The molecule has 12 heavy (non-hydrogen) atoms. The Bertz CT molecular complexity index is 317. The maximum Gasteiger partial charge on any atom is 0.155 e. The van der Waals surface area contributed by atoms with Crippen molar-refractivity contribution < 1.29 is 4.84 Å². The Morgan fingerprint density at radius 3 is 2.92 bits per heavy atom. The Kier molecular flexibility index (Phi) is 2.79. The van der Waals surface area contributed by atoms with Crippen molar-refractivity contribution in [1.82, 2.24) is 0 Å². The van der Waals surface area contributed by atoms with Crippen LogP contribution in [0, 0.1) is 16.2 Å². The quantitative estimate of drug-likeness (QED) is 0.502. The monoisotopic (exact) mass is 162 g/mol. The zero-order valence-electron chi connectivity index (χ0n) is 6.23. The summed E-state index contributed by atoms with van der Waals surface area (Å²) < 4.78 is 0. The van der Waals surface area contributed by atoms with E-state index in [1.54, 1.807) is 24.3 Å². The third-order valence-corrected chi connectivity index (χ3v) is 1.41. The third kappa shape index (κ3) is 1.80. The first kappa shape index (κ1) is 8.21. The second kappa shape index (κ2) is 4.09. The molecule has 0 fully saturated rings. The zero-order chi connectivity index (χ0) is 8.81. The van der Waals surface area contributed by atoms with Crippen molar-refractivity contribution in [3.8, 4) is 6.07 Å². The van der Waals surface area contributed by atoms with Crippen LogP contribution in [0.15, 0.2) is 29.6 Å². The van der Waals surface area contributed by atoms with E-state index >= 15 is 0 Å². The van der Waals surface area contributed by atoms with Crippen LogP contribution in [0.4, 0.5) is 0 Å². The molecule has 0 radical (unpaired) electrons. The van der Waals surface area contributed by atoms with E-state index in [9.17, 15) is 4.91 Å². The molecule has 0 aliphatic carbocycles. The molecular weight excluding hydrogens is 156 g/mol. The van der Waals surface area contributed by atoms with E-state index in [-0.39, 0.29) is 6.61 Å². The lowest BCUT2D eigenvalue weighted by Gasteiger charge is -1.98. The van der Waals surface area contributed by atoms with Gasteiger partial charge in [-0.1, -0.05) is 18.2 Å². The summed E-state index contributed by atoms with van der Waals surface area (Å²) in [5.41, 5.74) is 1.17. The highest BCUT2D eigenvalue weighted by Crippen LogP contribution is 2.08. The number of nitrogens with zero attached hydrogens (tertiary/aromatic N) is 2. The van der Waals surface area contributed by atoms with Gasteiger partial charge < -0.3 is 4.84 Å². The van der Waals surface area contributed by atoms with E-state index in [1.807, 2.05) is 6.07 Å². The summed E-state index contributed by atoms with van der Waals surface area (Å²) in [4.78, 5) is 13.9. The Hall–Kier alpha value is -1.89. The minimum absolute atomic E-state index is 0.0488. The van der Waals surface area contributed by atoms with Crippen LogP contribution in [-0.2, 0) is 11.4 Å². The Morgan fingerprint density at radius 2 is 2.25 bits per heavy atom. The standard InChI is InChI=1S/C8H6N2O2/c9-5-7-3-1-2-4-8(7)6-12-10-11/h1-4H,6H2. The van der Waals surface area contributed by atoms with Gasteiger partial charge in [-0.3, -0.25) is 0 Å². The van der Waals surface area contributed by atoms with Crippen molar-refractivity contribution in [2.45, 2.75) is 6.61 Å². The van der Waals surface area contributed by atoms with Gasteiger partial charge in [-0.25, -0.2) is 0 Å². The van der Waals surface area contributed by atoms with E-state index in [4.69, 9.17) is 5.26 Å². The number of hydrogen-bond acceptors (Lipinski definition) is 4. The normalized spacial score (nSPS) is 8.58. The predicted octanol–water partition coefficient (Wildman–Crippen LogP) is 1.76. The van der Waals surface area contributed by atoms with Crippen molar-refractivity contribution in [3.63, 3.8) is 0 Å². The van der Waals surface area contributed by atoms with Crippen LogP contribution in [0.5, 0.6) is 0 Å². The minimum atomic E-state index is 0.0488. The molecule has 0 saturated heterocycles. The van der Waals surface area contributed by atoms with Gasteiger partial charge in [0.2, 0.25) is 0 Å². The highest BCUT2D eigenvalue weighted by molar-refractivity contribution is 5.36. The van der Waals surface area contributed by atoms with Crippen molar-refractivity contribution >= 4 is 0 Å². The SMILES string of the molecule is N#Cc1ccccc1CON=O. The number of nitriles is 1. The highest BCUT2D eigenvalue weighted by atomic mass is 16.7. The molecule has 0 aromatic heterocycles. The van der Waals surface area contributed by atoms with Crippen LogP contribution in [0.1, 0.15) is 11.1 Å². The number of rotatable bonds is 3. The molecule has 4 nitrogen and oxygen atoms in total. The molecule has 1 aromatic rings. The first-order valence-corrected chi connectivity index (χ1v) is 3.31. The van der Waals surface area contributed by atoms with Gasteiger partial charge in [0, 0.05) is 5.56 Å². The molecule has 0 aliphatic rings. The Morgan fingerprint density at radius 1 is 1.50 bits per heavy atom. The molecule has 4 heteroatoms. The average Bonchev–Trinajstić information content (AvgIpc) is 2.15. The lowest BCUT2D eigenvalue weighted by Crippen LogP contribution is -1.90. The van der Waals surface area contributed by atoms with E-state index < -0.39 is 0 Å². The number of hydrogen-bond donors (Lipinski definition) is 0. The fourth-order valence-corrected chi connectivity index (χ4v) is 0.851. The summed E-state index contributed by atoms with van der Waals surface area (Å²) in [5, 5.41) is 10.9. The Labute approximate surface area is 69.3 Å². The van der Waals surface area contributed by atoms with Crippen LogP contribution in [0.2, 0.25) is 0 Å². The average molecular weight is 162 g/mol. The third-order valence-electron chi connectivity index (χ3n) is 1.41. The fourth-order valence-electron chi connectivity index (χ4n) is 0.851. The molecule has 0 unspecified atom stereocenters. The summed E-state index contributed by atoms with van der Waals surface area (Å²) in [5.74, 6) is 0. The molecule has 0 bridgehead atoms. The summed E-state index contributed by atoms with van der Waals surface area (Å²) in [6.07, 6.45) is 0. The molecule has 0 N–H and O–H groups in total. The fraction of sp³-hybridized carbons (Fsp3) is 0.125. The van der Waals surface area contributed by atoms with Gasteiger partial charge in [0.05, 0.1) is 11.6 Å². The van der Waals surface area contributed by atoms with Crippen LogP contribution in [-0.4, -0.2) is 0 Å². The van der Waals surface area contributed by atoms with Gasteiger partial charge in [-0.15, -0.1) is 4.91 Å². The van der Waals surface area contributed by atoms with E-state index in [0.29, 0.717) is 11.1 Å². The van der Waals surface area contributed by atoms with Crippen molar-refractivity contribution in [2.24, 2.45) is 5.34 Å². The van der Waals surface area contributed by atoms with Crippen molar-refractivity contribution in [1.29, 1.82) is 5.26 Å². The van der Waals surface area contributed by atoms with E-state index in [0.717, 1.165) is 0 Å². The molecule has 1 rings (SSSR count). The number of benzene rings is 1. The molecule has 1 aromatic carbocycles. The zero-order valence-corrected chi connectivity index (χ0v) is 6.23. The lowest BCUT2D eigenvalue weighted by molar-refractivity contribution is 0.125. The first-order valence-electron chi connectivity index (χ1n) is 3.31. The molecule has 0 atom stereocenters.